The van der Waals surface area contributed by atoms with Crippen molar-refractivity contribution in [2.24, 2.45) is 7.05 Å². The largest absolute Gasteiger partial charge is 0.506 e. The molecule has 0 aliphatic heterocycles. The van der Waals surface area contributed by atoms with E-state index in [1.54, 1.807) is 31.3 Å². The summed E-state index contributed by atoms with van der Waals surface area (Å²) >= 11 is 0. The highest BCUT2D eigenvalue weighted by atomic mass is 16.3. The van der Waals surface area contributed by atoms with Gasteiger partial charge in [-0.15, -0.1) is 0 Å². The quantitative estimate of drug-likeness (QED) is 0.703. The van der Waals surface area contributed by atoms with Crippen LogP contribution < -0.4 is 16.2 Å². The van der Waals surface area contributed by atoms with Gasteiger partial charge < -0.3 is 20.3 Å². The minimum absolute atomic E-state index is 0.208. The predicted octanol–water partition coefficient (Wildman–Crippen LogP) is 0.583. The Kier molecular flexibility index (Phi) is 4.59. The second kappa shape index (κ2) is 6.41. The molecule has 0 spiro atoms. The Labute approximate surface area is 122 Å². The van der Waals surface area contributed by atoms with Gasteiger partial charge in [0.05, 0.1) is 5.52 Å². The third kappa shape index (κ3) is 2.90. The Bertz CT molecular complexity index is 722. The molecule has 6 nitrogen and oxygen atoms in total. The van der Waals surface area contributed by atoms with Crippen LogP contribution in [0.5, 0.6) is 5.75 Å². The van der Waals surface area contributed by atoms with Crippen molar-refractivity contribution in [2.75, 3.05) is 20.1 Å². The van der Waals surface area contributed by atoms with Crippen LogP contribution in [0.3, 0.4) is 0 Å². The fourth-order valence-electron chi connectivity index (χ4n) is 2.24. The van der Waals surface area contributed by atoms with Gasteiger partial charge >= 0.3 is 0 Å². The first-order valence-electron chi connectivity index (χ1n) is 6.81. The van der Waals surface area contributed by atoms with Crippen LogP contribution in [0.1, 0.15) is 16.8 Å². The number of nitrogens with zero attached hydrogens (tertiary/aromatic N) is 1. The van der Waals surface area contributed by atoms with Gasteiger partial charge in [0.2, 0.25) is 0 Å². The van der Waals surface area contributed by atoms with Gasteiger partial charge in [-0.1, -0.05) is 12.1 Å². The maximum atomic E-state index is 12.3. The van der Waals surface area contributed by atoms with Crippen molar-refractivity contribution < 1.29 is 9.90 Å². The van der Waals surface area contributed by atoms with Crippen LogP contribution in [0, 0.1) is 0 Å². The Morgan fingerprint density at radius 3 is 2.71 bits per heavy atom. The molecule has 2 aromatic rings. The van der Waals surface area contributed by atoms with Crippen molar-refractivity contribution in [3.05, 3.63) is 40.2 Å². The summed E-state index contributed by atoms with van der Waals surface area (Å²) in [4.78, 5) is 24.4. The van der Waals surface area contributed by atoms with E-state index in [4.69, 9.17) is 0 Å². The number of nitrogens with one attached hydrogen (secondary N) is 2. The molecule has 0 saturated heterocycles. The molecule has 0 aliphatic carbocycles. The predicted molar refractivity (Wildman–Crippen MR) is 81.7 cm³/mol. The number of benzene rings is 1. The minimum Gasteiger partial charge on any atom is -0.506 e. The van der Waals surface area contributed by atoms with Crippen molar-refractivity contribution in [1.82, 2.24) is 15.2 Å². The Morgan fingerprint density at radius 1 is 1.29 bits per heavy atom. The van der Waals surface area contributed by atoms with Gasteiger partial charge in [0, 0.05) is 19.0 Å². The zero-order valence-electron chi connectivity index (χ0n) is 12.1. The molecule has 21 heavy (non-hydrogen) atoms. The second-order valence-electron chi connectivity index (χ2n) is 4.82. The van der Waals surface area contributed by atoms with E-state index in [-0.39, 0.29) is 11.3 Å². The highest BCUT2D eigenvalue weighted by Crippen LogP contribution is 2.25. The van der Waals surface area contributed by atoms with Crippen LogP contribution >= 0.6 is 0 Å². The first kappa shape index (κ1) is 15.1. The molecule has 1 amide bonds. The molecule has 112 valence electrons. The lowest BCUT2D eigenvalue weighted by molar-refractivity contribution is 0.0949. The van der Waals surface area contributed by atoms with Gasteiger partial charge in [0.15, 0.2) is 0 Å². The number of carbonyl (C=O) groups is 1. The topological polar surface area (TPSA) is 83.4 Å². The van der Waals surface area contributed by atoms with E-state index >= 15 is 0 Å². The van der Waals surface area contributed by atoms with Gasteiger partial charge in [-0.2, -0.15) is 0 Å². The number of aryl methyl sites for hydroxylation is 1. The van der Waals surface area contributed by atoms with Gasteiger partial charge in [-0.05, 0) is 32.1 Å². The summed E-state index contributed by atoms with van der Waals surface area (Å²) in [6, 6.07) is 6.94. The van der Waals surface area contributed by atoms with Crippen LogP contribution in [0.4, 0.5) is 0 Å². The molecule has 1 aromatic carbocycles. The lowest BCUT2D eigenvalue weighted by Gasteiger charge is -2.11. The third-order valence-corrected chi connectivity index (χ3v) is 3.39. The van der Waals surface area contributed by atoms with E-state index < -0.39 is 11.5 Å². The van der Waals surface area contributed by atoms with Crippen molar-refractivity contribution in [3.8, 4) is 5.75 Å². The van der Waals surface area contributed by atoms with Crippen LogP contribution in [-0.2, 0) is 7.05 Å². The molecule has 6 heteroatoms. The molecule has 1 heterocycles. The molecule has 0 atom stereocenters. The number of aromatic nitrogens is 1. The van der Waals surface area contributed by atoms with E-state index in [0.717, 1.165) is 13.0 Å². The number of para-hydroxylation sites is 1. The van der Waals surface area contributed by atoms with Crippen molar-refractivity contribution >= 4 is 16.8 Å². The summed E-state index contributed by atoms with van der Waals surface area (Å²) in [7, 11) is 3.41. The average Bonchev–Trinajstić information content (AvgIpc) is 2.49. The monoisotopic (exact) mass is 289 g/mol. The van der Waals surface area contributed by atoms with Gasteiger partial charge in [-0.3, -0.25) is 9.59 Å². The first-order chi connectivity index (χ1) is 10.1. The molecule has 0 radical (unpaired) electrons. The molecule has 2 rings (SSSR count). The summed E-state index contributed by atoms with van der Waals surface area (Å²) in [6.07, 6.45) is 0.747. The number of carbonyl (C=O) groups excluding carboxylic acids is 1. The number of rotatable bonds is 5. The summed E-state index contributed by atoms with van der Waals surface area (Å²) in [5, 5.41) is 16.4. The van der Waals surface area contributed by atoms with E-state index in [1.165, 1.54) is 4.57 Å². The van der Waals surface area contributed by atoms with Crippen LogP contribution in [0.25, 0.3) is 10.9 Å². The molecule has 0 aliphatic rings. The summed E-state index contributed by atoms with van der Waals surface area (Å²) in [6.45, 7) is 1.21. The summed E-state index contributed by atoms with van der Waals surface area (Å²) in [5.41, 5.74) is -0.121. The number of hydrogen-bond donors (Lipinski definition) is 3. The molecule has 0 saturated carbocycles. The molecular weight excluding hydrogens is 270 g/mol. The molecule has 0 bridgehead atoms. The first-order valence-corrected chi connectivity index (χ1v) is 6.81. The van der Waals surface area contributed by atoms with Gasteiger partial charge in [0.25, 0.3) is 11.5 Å². The normalized spacial score (nSPS) is 10.8. The molecule has 0 fully saturated rings. The van der Waals surface area contributed by atoms with Crippen molar-refractivity contribution in [1.29, 1.82) is 0 Å². The number of hydrogen-bond acceptors (Lipinski definition) is 4. The minimum atomic E-state index is -0.546. The number of amides is 1. The standard InChI is InChI=1S/C15H19N3O3/c1-16-8-5-9-17-14(20)12-13(19)10-6-3-4-7-11(10)18(2)15(12)21/h3-4,6-7,16,19H,5,8-9H2,1-2H3,(H,17,20). The number of fused-ring (bicyclic) bond motifs is 1. The van der Waals surface area contributed by atoms with Crippen LogP contribution in [0.2, 0.25) is 0 Å². The summed E-state index contributed by atoms with van der Waals surface area (Å²) < 4.78 is 1.37. The maximum absolute atomic E-state index is 12.3. The number of aromatic hydroxyl groups is 1. The van der Waals surface area contributed by atoms with Crippen molar-refractivity contribution in [2.45, 2.75) is 6.42 Å². The average molecular weight is 289 g/mol. The Morgan fingerprint density at radius 2 is 2.00 bits per heavy atom. The Hall–Kier alpha value is -2.34. The maximum Gasteiger partial charge on any atom is 0.267 e. The number of pyridine rings is 1. The molecule has 1 aromatic heterocycles. The second-order valence-corrected chi connectivity index (χ2v) is 4.82. The molecular formula is C15H19N3O3. The van der Waals surface area contributed by atoms with Crippen LogP contribution in [-0.4, -0.2) is 35.7 Å². The lowest BCUT2D eigenvalue weighted by Crippen LogP contribution is -2.33. The SMILES string of the molecule is CNCCCNC(=O)c1c(O)c2ccccc2n(C)c1=O. The molecule has 0 unspecified atom stereocenters. The summed E-state index contributed by atoms with van der Waals surface area (Å²) in [5.74, 6) is -0.810. The smallest absolute Gasteiger partial charge is 0.267 e. The fraction of sp³-hybridized carbons (Fsp3) is 0.333. The lowest BCUT2D eigenvalue weighted by atomic mass is 10.1. The highest BCUT2D eigenvalue weighted by Gasteiger charge is 2.20. The van der Waals surface area contributed by atoms with Gasteiger partial charge in [-0.25, -0.2) is 0 Å². The fourth-order valence-corrected chi connectivity index (χ4v) is 2.24. The van der Waals surface area contributed by atoms with E-state index in [9.17, 15) is 14.7 Å². The van der Waals surface area contributed by atoms with Crippen LogP contribution in [0.15, 0.2) is 29.1 Å². The zero-order chi connectivity index (χ0) is 15.4. The van der Waals surface area contributed by atoms with E-state index in [1.807, 2.05) is 7.05 Å². The molecule has 3 N–H and O–H groups in total. The third-order valence-electron chi connectivity index (χ3n) is 3.39. The van der Waals surface area contributed by atoms with Gasteiger partial charge in [0.1, 0.15) is 11.3 Å². The van der Waals surface area contributed by atoms with E-state index in [2.05, 4.69) is 10.6 Å². The zero-order valence-corrected chi connectivity index (χ0v) is 12.1. The van der Waals surface area contributed by atoms with E-state index in [0.29, 0.717) is 17.4 Å². The van der Waals surface area contributed by atoms with Crippen molar-refractivity contribution in [3.63, 3.8) is 0 Å². The Balaban J connectivity index is 2.40. The highest BCUT2D eigenvalue weighted by molar-refractivity contribution is 6.02.